The zero-order valence-electron chi connectivity index (χ0n) is 14.1. The number of nitrogens with one attached hydrogen (secondary N) is 2. The zero-order chi connectivity index (χ0) is 19.1. The molecule has 0 saturated heterocycles. The Morgan fingerprint density at radius 3 is 2.73 bits per heavy atom. The van der Waals surface area contributed by atoms with Gasteiger partial charge in [-0.25, -0.2) is 9.59 Å². The molecule has 0 radical (unpaired) electrons. The van der Waals surface area contributed by atoms with Crippen LogP contribution in [0.25, 0.3) is 0 Å². The number of aryl methyl sites for hydroxylation is 1. The highest BCUT2D eigenvalue weighted by Gasteiger charge is 2.21. The summed E-state index contributed by atoms with van der Waals surface area (Å²) >= 11 is 0. The molecule has 2 rings (SSSR count). The van der Waals surface area contributed by atoms with Gasteiger partial charge in [-0.3, -0.25) is 9.59 Å². The van der Waals surface area contributed by atoms with Crippen LogP contribution in [-0.4, -0.2) is 48.0 Å². The van der Waals surface area contributed by atoms with E-state index >= 15 is 0 Å². The lowest BCUT2D eigenvalue weighted by Crippen LogP contribution is -2.43. The van der Waals surface area contributed by atoms with E-state index in [1.165, 1.54) is 0 Å². The van der Waals surface area contributed by atoms with E-state index in [9.17, 15) is 19.2 Å². The smallest absolute Gasteiger partial charge is 0.326 e. The molecule has 3 amide bonds. The van der Waals surface area contributed by atoms with Gasteiger partial charge in [0, 0.05) is 18.5 Å². The number of Topliss-reactive ketones (excluding diaryl/α,β-unsaturated/α-hetero) is 1. The number of carboxylic acids is 1. The summed E-state index contributed by atoms with van der Waals surface area (Å²) < 4.78 is 5.35. The maximum absolute atomic E-state index is 11.9. The third-order valence-electron chi connectivity index (χ3n) is 3.98. The van der Waals surface area contributed by atoms with Crippen LogP contribution in [0.3, 0.4) is 0 Å². The molecule has 0 fully saturated rings. The topological polar surface area (TPSA) is 148 Å². The van der Waals surface area contributed by atoms with E-state index in [1.807, 2.05) is 0 Å². The van der Waals surface area contributed by atoms with Gasteiger partial charge in [-0.1, -0.05) is 6.07 Å². The van der Waals surface area contributed by atoms with Crippen molar-refractivity contribution in [3.63, 3.8) is 0 Å². The molecule has 0 aliphatic heterocycles. The minimum atomic E-state index is -1.18. The predicted molar refractivity (Wildman–Crippen MR) is 91.0 cm³/mol. The van der Waals surface area contributed by atoms with Crippen LogP contribution in [0.15, 0.2) is 18.2 Å². The summed E-state index contributed by atoms with van der Waals surface area (Å²) in [7, 11) is 0. The van der Waals surface area contributed by atoms with Crippen molar-refractivity contribution in [3.8, 4) is 5.75 Å². The standard InChI is InChI=1S/C17H21N3O6/c18-17(25)19-7-1-2-13(16(23)24)20-15(22)9-26-11-5-3-10-4-6-14(21)12(10)8-11/h3,5,8,13H,1-2,4,6-7,9H2,(H,20,22)(H,23,24)(H3,18,19,25)/t13-/m1/s1. The fourth-order valence-electron chi connectivity index (χ4n) is 2.67. The van der Waals surface area contributed by atoms with E-state index in [0.717, 1.165) is 5.56 Å². The first kappa shape index (κ1) is 19.2. The third-order valence-corrected chi connectivity index (χ3v) is 3.98. The number of benzene rings is 1. The SMILES string of the molecule is NC(=O)NCCC[C@@H](NC(=O)COc1ccc2c(c1)C(=O)CC2)C(=O)O. The van der Waals surface area contributed by atoms with Gasteiger partial charge in [-0.05, 0) is 37.0 Å². The number of ketones is 1. The van der Waals surface area contributed by atoms with Crippen molar-refractivity contribution in [1.82, 2.24) is 10.6 Å². The number of ether oxygens (including phenoxy) is 1. The van der Waals surface area contributed by atoms with Gasteiger partial charge in [0.1, 0.15) is 11.8 Å². The maximum atomic E-state index is 11.9. The van der Waals surface area contributed by atoms with Crippen LogP contribution in [-0.2, 0) is 16.0 Å². The molecular weight excluding hydrogens is 342 g/mol. The molecule has 0 aromatic heterocycles. The van der Waals surface area contributed by atoms with Crippen LogP contribution in [0.2, 0.25) is 0 Å². The molecule has 9 nitrogen and oxygen atoms in total. The highest BCUT2D eigenvalue weighted by atomic mass is 16.5. The molecule has 0 heterocycles. The van der Waals surface area contributed by atoms with Crippen molar-refractivity contribution >= 4 is 23.7 Å². The monoisotopic (exact) mass is 363 g/mol. The molecule has 0 unspecified atom stereocenters. The number of hydrogen-bond acceptors (Lipinski definition) is 5. The Morgan fingerprint density at radius 1 is 1.27 bits per heavy atom. The molecule has 1 aromatic carbocycles. The second-order valence-corrected chi connectivity index (χ2v) is 5.92. The predicted octanol–water partition coefficient (Wildman–Crippen LogP) is 0.212. The Balaban J connectivity index is 1.80. The van der Waals surface area contributed by atoms with Crippen LogP contribution in [0, 0.1) is 0 Å². The minimum absolute atomic E-state index is 0.0467. The molecule has 1 atom stereocenters. The van der Waals surface area contributed by atoms with Gasteiger partial charge in [-0.2, -0.15) is 0 Å². The van der Waals surface area contributed by atoms with E-state index in [4.69, 9.17) is 15.6 Å². The van der Waals surface area contributed by atoms with Crippen molar-refractivity contribution in [3.05, 3.63) is 29.3 Å². The molecule has 0 spiro atoms. The third kappa shape index (κ3) is 5.47. The Bertz CT molecular complexity index is 718. The van der Waals surface area contributed by atoms with Crippen molar-refractivity contribution in [2.45, 2.75) is 31.7 Å². The first-order valence-electron chi connectivity index (χ1n) is 8.21. The number of nitrogens with two attached hydrogens (primary N) is 1. The summed E-state index contributed by atoms with van der Waals surface area (Å²) in [5, 5.41) is 13.9. The van der Waals surface area contributed by atoms with Crippen molar-refractivity contribution in [2.75, 3.05) is 13.2 Å². The van der Waals surface area contributed by atoms with Crippen LogP contribution in [0.1, 0.15) is 35.2 Å². The van der Waals surface area contributed by atoms with Crippen molar-refractivity contribution in [2.24, 2.45) is 5.73 Å². The summed E-state index contributed by atoms with van der Waals surface area (Å²) in [6.45, 7) is -0.148. The Hall–Kier alpha value is -3.10. The summed E-state index contributed by atoms with van der Waals surface area (Å²) in [5.74, 6) is -1.34. The number of carboxylic acid groups (broad SMARTS) is 1. The van der Waals surface area contributed by atoms with Gasteiger partial charge < -0.3 is 26.2 Å². The quantitative estimate of drug-likeness (QED) is 0.461. The number of carbonyl (C=O) groups is 4. The molecule has 0 bridgehead atoms. The van der Waals surface area contributed by atoms with E-state index in [1.54, 1.807) is 18.2 Å². The zero-order valence-corrected chi connectivity index (χ0v) is 14.1. The molecular formula is C17H21N3O6. The Labute approximate surface area is 149 Å². The number of carbonyl (C=O) groups excluding carboxylic acids is 3. The van der Waals surface area contributed by atoms with Gasteiger partial charge in [0.25, 0.3) is 5.91 Å². The molecule has 5 N–H and O–H groups in total. The molecule has 9 heteroatoms. The van der Waals surface area contributed by atoms with Gasteiger partial charge >= 0.3 is 12.0 Å². The minimum Gasteiger partial charge on any atom is -0.484 e. The fourth-order valence-corrected chi connectivity index (χ4v) is 2.67. The van der Waals surface area contributed by atoms with Crippen molar-refractivity contribution in [1.29, 1.82) is 0 Å². The molecule has 26 heavy (non-hydrogen) atoms. The molecule has 0 saturated carbocycles. The molecule has 1 aromatic rings. The van der Waals surface area contributed by atoms with Crippen LogP contribution in [0.5, 0.6) is 5.75 Å². The molecule has 1 aliphatic rings. The normalized spacial score (nSPS) is 13.6. The number of rotatable bonds is 9. The van der Waals surface area contributed by atoms with Crippen LogP contribution < -0.4 is 21.1 Å². The van der Waals surface area contributed by atoms with E-state index in [2.05, 4.69) is 10.6 Å². The van der Waals surface area contributed by atoms with E-state index < -0.39 is 23.9 Å². The van der Waals surface area contributed by atoms with Gasteiger partial charge in [0.15, 0.2) is 12.4 Å². The van der Waals surface area contributed by atoms with Gasteiger partial charge in [0.05, 0.1) is 0 Å². The summed E-state index contributed by atoms with van der Waals surface area (Å²) in [5.41, 5.74) is 6.48. The molecule has 140 valence electrons. The lowest BCUT2D eigenvalue weighted by atomic mass is 10.1. The Morgan fingerprint density at radius 2 is 2.04 bits per heavy atom. The van der Waals surface area contributed by atoms with Crippen LogP contribution in [0.4, 0.5) is 4.79 Å². The average molecular weight is 363 g/mol. The largest absolute Gasteiger partial charge is 0.484 e. The van der Waals surface area contributed by atoms with E-state index in [0.29, 0.717) is 30.6 Å². The lowest BCUT2D eigenvalue weighted by molar-refractivity contribution is -0.142. The number of aliphatic carboxylic acids is 1. The Kier molecular flexibility index (Phi) is 6.54. The second kappa shape index (κ2) is 8.84. The van der Waals surface area contributed by atoms with Gasteiger partial charge in [0.2, 0.25) is 0 Å². The fraction of sp³-hybridized carbons (Fsp3) is 0.412. The maximum Gasteiger partial charge on any atom is 0.326 e. The first-order chi connectivity index (χ1) is 12.4. The highest BCUT2D eigenvalue weighted by Crippen LogP contribution is 2.26. The molecule has 1 aliphatic carbocycles. The van der Waals surface area contributed by atoms with Gasteiger partial charge in [-0.15, -0.1) is 0 Å². The highest BCUT2D eigenvalue weighted by molar-refractivity contribution is 6.00. The number of urea groups is 1. The lowest BCUT2D eigenvalue weighted by Gasteiger charge is -2.15. The summed E-state index contributed by atoms with van der Waals surface area (Å²) in [6.07, 6.45) is 1.66. The number of primary amides is 1. The number of fused-ring (bicyclic) bond motifs is 1. The summed E-state index contributed by atoms with van der Waals surface area (Å²) in [4.78, 5) is 45.4. The van der Waals surface area contributed by atoms with Crippen molar-refractivity contribution < 1.29 is 29.0 Å². The van der Waals surface area contributed by atoms with E-state index in [-0.39, 0.29) is 25.4 Å². The number of hydrogen-bond donors (Lipinski definition) is 4. The first-order valence-corrected chi connectivity index (χ1v) is 8.21. The second-order valence-electron chi connectivity index (χ2n) is 5.92. The number of amides is 3. The summed E-state index contributed by atoms with van der Waals surface area (Å²) in [6, 6.07) is 3.28. The average Bonchev–Trinajstić information content (AvgIpc) is 2.96. The van der Waals surface area contributed by atoms with Crippen LogP contribution >= 0.6 is 0 Å².